The third kappa shape index (κ3) is 4.05. The number of anilines is 2. The summed E-state index contributed by atoms with van der Waals surface area (Å²) in [5, 5.41) is 0. The second-order valence-corrected chi connectivity index (χ2v) is 8.44. The first-order valence-corrected chi connectivity index (χ1v) is 11.3. The van der Waals surface area contributed by atoms with Crippen LogP contribution in [-0.4, -0.2) is 72.5 Å². The number of nitrogens with zero attached hydrogens (tertiary/aromatic N) is 5. The molecule has 2 aromatic carbocycles. The van der Waals surface area contributed by atoms with Gasteiger partial charge in [-0.2, -0.15) is 0 Å². The van der Waals surface area contributed by atoms with E-state index in [0.29, 0.717) is 37.4 Å². The van der Waals surface area contributed by atoms with Crippen molar-refractivity contribution in [1.29, 1.82) is 0 Å². The first-order valence-electron chi connectivity index (χ1n) is 11.3. The zero-order chi connectivity index (χ0) is 23.7. The average Bonchev–Trinajstić information content (AvgIpc) is 3.28. The number of para-hydroxylation sites is 3. The van der Waals surface area contributed by atoms with Gasteiger partial charge >= 0.3 is 5.97 Å². The van der Waals surface area contributed by atoms with Crippen LogP contribution < -0.4 is 9.80 Å². The summed E-state index contributed by atoms with van der Waals surface area (Å²) in [4.78, 5) is 52.8. The first-order chi connectivity index (χ1) is 16.5. The van der Waals surface area contributed by atoms with E-state index in [1.807, 2.05) is 29.2 Å². The third-order valence-electron chi connectivity index (χ3n) is 6.43. The summed E-state index contributed by atoms with van der Waals surface area (Å²) in [7, 11) is 1.31. The summed E-state index contributed by atoms with van der Waals surface area (Å²) < 4.78 is 4.85. The molecule has 0 bridgehead atoms. The number of carbonyl (C=O) groups excluding carboxylic acids is 3. The number of benzene rings is 2. The fourth-order valence-corrected chi connectivity index (χ4v) is 4.61. The second-order valence-electron chi connectivity index (χ2n) is 8.44. The molecule has 1 aromatic heterocycles. The van der Waals surface area contributed by atoms with Crippen molar-refractivity contribution in [3.05, 3.63) is 60.3 Å². The van der Waals surface area contributed by atoms with E-state index in [4.69, 9.17) is 9.72 Å². The standard InChI is InChI=1S/C25H25N5O4/c1-34-25(33)18-6-2-5-9-21(18)30-16-17(14-23(30)31)24(32)29-12-10-28(11-13-29)22-15-26-19-7-3-4-8-20(19)27-22/h2-9,15,17H,10-14,16H2,1H3. The normalized spacial score (nSPS) is 18.4. The molecular formula is C25H25N5O4. The third-order valence-corrected chi connectivity index (χ3v) is 6.43. The van der Waals surface area contributed by atoms with Gasteiger partial charge in [-0.3, -0.25) is 14.6 Å². The Morgan fingerprint density at radius 3 is 2.44 bits per heavy atom. The van der Waals surface area contributed by atoms with Crippen molar-refractivity contribution in [3.63, 3.8) is 0 Å². The molecule has 0 N–H and O–H groups in total. The van der Waals surface area contributed by atoms with Crippen LogP contribution in [0.5, 0.6) is 0 Å². The van der Waals surface area contributed by atoms with E-state index >= 15 is 0 Å². The Morgan fingerprint density at radius 1 is 0.971 bits per heavy atom. The number of ether oxygens (including phenoxy) is 1. The van der Waals surface area contributed by atoms with Gasteiger partial charge in [-0.15, -0.1) is 0 Å². The highest BCUT2D eigenvalue weighted by Crippen LogP contribution is 2.30. The van der Waals surface area contributed by atoms with E-state index in [1.165, 1.54) is 12.0 Å². The van der Waals surface area contributed by atoms with Gasteiger partial charge in [0.25, 0.3) is 0 Å². The summed E-state index contributed by atoms with van der Waals surface area (Å²) in [5.74, 6) is -0.348. The van der Waals surface area contributed by atoms with Gasteiger partial charge < -0.3 is 19.4 Å². The van der Waals surface area contributed by atoms with Gasteiger partial charge in [-0.05, 0) is 24.3 Å². The molecule has 2 aliphatic rings. The molecule has 34 heavy (non-hydrogen) atoms. The molecule has 9 heteroatoms. The van der Waals surface area contributed by atoms with Crippen LogP contribution in [0.25, 0.3) is 11.0 Å². The SMILES string of the molecule is COC(=O)c1ccccc1N1CC(C(=O)N2CCN(c3cnc4ccccc4n3)CC2)CC1=O. The van der Waals surface area contributed by atoms with Crippen LogP contribution in [0.15, 0.2) is 54.7 Å². The van der Waals surface area contributed by atoms with Gasteiger partial charge in [0, 0.05) is 39.1 Å². The zero-order valence-electron chi connectivity index (χ0n) is 18.9. The smallest absolute Gasteiger partial charge is 0.339 e. The van der Waals surface area contributed by atoms with Crippen molar-refractivity contribution in [1.82, 2.24) is 14.9 Å². The number of rotatable bonds is 4. The van der Waals surface area contributed by atoms with E-state index in [-0.39, 0.29) is 24.8 Å². The van der Waals surface area contributed by atoms with Crippen LogP contribution >= 0.6 is 0 Å². The molecule has 0 spiro atoms. The maximum atomic E-state index is 13.2. The number of piperazine rings is 1. The minimum absolute atomic E-state index is 0.0318. The highest BCUT2D eigenvalue weighted by atomic mass is 16.5. The Balaban J connectivity index is 1.24. The van der Waals surface area contributed by atoms with Crippen LogP contribution in [0.2, 0.25) is 0 Å². The molecule has 2 amide bonds. The van der Waals surface area contributed by atoms with E-state index in [1.54, 1.807) is 30.5 Å². The van der Waals surface area contributed by atoms with E-state index in [0.717, 1.165) is 16.9 Å². The molecule has 5 rings (SSSR count). The molecule has 0 saturated carbocycles. The maximum Gasteiger partial charge on any atom is 0.339 e. The molecule has 174 valence electrons. The summed E-state index contributed by atoms with van der Waals surface area (Å²) >= 11 is 0. The predicted octanol–water partition coefficient (Wildman–Crippen LogP) is 2.12. The van der Waals surface area contributed by atoms with Crippen LogP contribution in [0.1, 0.15) is 16.8 Å². The van der Waals surface area contributed by atoms with Crippen LogP contribution in [0.4, 0.5) is 11.5 Å². The Labute approximate surface area is 196 Å². The lowest BCUT2D eigenvalue weighted by Crippen LogP contribution is -2.51. The molecule has 0 aliphatic carbocycles. The number of hydrogen-bond donors (Lipinski definition) is 0. The molecule has 0 radical (unpaired) electrons. The van der Waals surface area contributed by atoms with Crippen molar-refractivity contribution in [2.24, 2.45) is 5.92 Å². The van der Waals surface area contributed by atoms with Gasteiger partial charge in [0.1, 0.15) is 5.82 Å². The lowest BCUT2D eigenvalue weighted by molar-refractivity contribution is -0.136. The van der Waals surface area contributed by atoms with Gasteiger partial charge in [-0.25, -0.2) is 9.78 Å². The zero-order valence-corrected chi connectivity index (χ0v) is 18.9. The first kappa shape index (κ1) is 21.8. The topological polar surface area (TPSA) is 95.9 Å². The minimum Gasteiger partial charge on any atom is -0.465 e. The lowest BCUT2D eigenvalue weighted by atomic mass is 10.1. The van der Waals surface area contributed by atoms with Crippen LogP contribution in [0, 0.1) is 5.92 Å². The minimum atomic E-state index is -0.508. The second kappa shape index (κ2) is 9.09. The summed E-state index contributed by atoms with van der Waals surface area (Å²) in [6.07, 6.45) is 1.90. The fourth-order valence-electron chi connectivity index (χ4n) is 4.61. The van der Waals surface area contributed by atoms with Crippen molar-refractivity contribution >= 4 is 40.3 Å². The molecule has 1 atom stereocenters. The van der Waals surface area contributed by atoms with E-state index in [2.05, 4.69) is 9.88 Å². The molecule has 2 aliphatic heterocycles. The van der Waals surface area contributed by atoms with Gasteiger partial charge in [-0.1, -0.05) is 24.3 Å². The number of esters is 1. The summed E-state index contributed by atoms with van der Waals surface area (Å²) in [6.45, 7) is 2.65. The van der Waals surface area contributed by atoms with Crippen molar-refractivity contribution in [2.75, 3.05) is 49.6 Å². The van der Waals surface area contributed by atoms with Crippen LogP contribution in [-0.2, 0) is 14.3 Å². The van der Waals surface area contributed by atoms with E-state index < -0.39 is 11.9 Å². The number of aromatic nitrogens is 2. The predicted molar refractivity (Wildman–Crippen MR) is 127 cm³/mol. The molecule has 2 fully saturated rings. The van der Waals surface area contributed by atoms with Gasteiger partial charge in [0.05, 0.1) is 41.5 Å². The molecular weight excluding hydrogens is 434 g/mol. The Hall–Kier alpha value is -4.01. The Kier molecular flexibility index (Phi) is 5.83. The molecule has 3 heterocycles. The highest BCUT2D eigenvalue weighted by molar-refractivity contribution is 6.05. The monoisotopic (exact) mass is 459 g/mol. The van der Waals surface area contributed by atoms with Gasteiger partial charge in [0.15, 0.2) is 0 Å². The van der Waals surface area contributed by atoms with Gasteiger partial charge in [0.2, 0.25) is 11.8 Å². The van der Waals surface area contributed by atoms with E-state index in [9.17, 15) is 14.4 Å². The molecule has 1 unspecified atom stereocenters. The summed E-state index contributed by atoms with van der Waals surface area (Å²) in [6, 6.07) is 14.6. The Morgan fingerprint density at radius 2 is 1.68 bits per heavy atom. The molecule has 3 aromatic rings. The van der Waals surface area contributed by atoms with Crippen molar-refractivity contribution < 1.29 is 19.1 Å². The number of amides is 2. The van der Waals surface area contributed by atoms with Crippen molar-refractivity contribution in [3.8, 4) is 0 Å². The number of methoxy groups -OCH3 is 1. The largest absolute Gasteiger partial charge is 0.465 e. The number of hydrogen-bond acceptors (Lipinski definition) is 7. The maximum absolute atomic E-state index is 13.2. The molecule has 9 nitrogen and oxygen atoms in total. The highest BCUT2D eigenvalue weighted by Gasteiger charge is 2.39. The number of fused-ring (bicyclic) bond motifs is 1. The fraction of sp³-hybridized carbons (Fsp3) is 0.320. The summed E-state index contributed by atoms with van der Waals surface area (Å²) in [5.41, 5.74) is 2.49. The quantitative estimate of drug-likeness (QED) is 0.552. The lowest BCUT2D eigenvalue weighted by Gasteiger charge is -2.36. The number of carbonyl (C=O) groups is 3. The molecule has 2 saturated heterocycles. The average molecular weight is 460 g/mol. The Bertz CT molecular complexity index is 1250. The van der Waals surface area contributed by atoms with Crippen LogP contribution in [0.3, 0.4) is 0 Å². The van der Waals surface area contributed by atoms with Crippen molar-refractivity contribution in [2.45, 2.75) is 6.42 Å².